The van der Waals surface area contributed by atoms with Crippen LogP contribution in [0.3, 0.4) is 0 Å². The molecule has 20 heavy (non-hydrogen) atoms. The standard InChI is InChI=1S/C15H20N4O/c1-19-10-17-18-14(19)13(9-15(20-2)6-7-15)11-4-3-5-12(16)8-11/h3-5,8,10,13H,6-7,9,16H2,1-2H3. The molecule has 3 rings (SSSR count). The Kier molecular flexibility index (Phi) is 3.22. The van der Waals surface area contributed by atoms with Gasteiger partial charge < -0.3 is 15.0 Å². The van der Waals surface area contributed by atoms with Crippen molar-refractivity contribution >= 4 is 5.69 Å². The van der Waals surface area contributed by atoms with Crippen LogP contribution < -0.4 is 5.73 Å². The van der Waals surface area contributed by atoms with E-state index in [1.807, 2.05) is 29.8 Å². The van der Waals surface area contributed by atoms with E-state index in [0.717, 1.165) is 30.8 Å². The smallest absolute Gasteiger partial charge is 0.140 e. The summed E-state index contributed by atoms with van der Waals surface area (Å²) in [5.74, 6) is 1.12. The summed E-state index contributed by atoms with van der Waals surface area (Å²) < 4.78 is 7.65. The molecule has 1 aromatic carbocycles. The molecular formula is C15H20N4O. The summed E-state index contributed by atoms with van der Waals surface area (Å²) in [5.41, 5.74) is 7.87. The summed E-state index contributed by atoms with van der Waals surface area (Å²) in [4.78, 5) is 0. The number of nitrogen functional groups attached to an aromatic ring is 1. The lowest BCUT2D eigenvalue weighted by atomic mass is 9.90. The average Bonchev–Trinajstić information content (AvgIpc) is 3.11. The largest absolute Gasteiger partial charge is 0.399 e. The quantitative estimate of drug-likeness (QED) is 0.846. The van der Waals surface area contributed by atoms with E-state index < -0.39 is 0 Å². The summed E-state index contributed by atoms with van der Waals surface area (Å²) >= 11 is 0. The Morgan fingerprint density at radius 2 is 2.25 bits per heavy atom. The van der Waals surface area contributed by atoms with E-state index >= 15 is 0 Å². The van der Waals surface area contributed by atoms with E-state index in [1.54, 1.807) is 13.4 Å². The van der Waals surface area contributed by atoms with Crippen LogP contribution in [0.1, 0.15) is 36.6 Å². The lowest BCUT2D eigenvalue weighted by molar-refractivity contribution is 0.0684. The van der Waals surface area contributed by atoms with Gasteiger partial charge in [-0.05, 0) is 37.0 Å². The van der Waals surface area contributed by atoms with Gasteiger partial charge in [0.2, 0.25) is 0 Å². The van der Waals surface area contributed by atoms with Gasteiger partial charge in [0.1, 0.15) is 12.2 Å². The Bertz CT molecular complexity index is 603. The fraction of sp³-hybridized carbons (Fsp3) is 0.467. The van der Waals surface area contributed by atoms with Gasteiger partial charge in [-0.25, -0.2) is 0 Å². The van der Waals surface area contributed by atoms with E-state index in [1.165, 1.54) is 5.56 Å². The number of methoxy groups -OCH3 is 1. The van der Waals surface area contributed by atoms with Crippen molar-refractivity contribution in [2.75, 3.05) is 12.8 Å². The Morgan fingerprint density at radius 3 is 2.80 bits per heavy atom. The Morgan fingerprint density at radius 1 is 1.45 bits per heavy atom. The van der Waals surface area contributed by atoms with Crippen LogP contribution in [0.25, 0.3) is 0 Å². The van der Waals surface area contributed by atoms with Crippen LogP contribution in [-0.2, 0) is 11.8 Å². The fourth-order valence-electron chi connectivity index (χ4n) is 2.74. The zero-order valence-electron chi connectivity index (χ0n) is 11.9. The molecule has 2 aromatic rings. The molecule has 0 bridgehead atoms. The molecular weight excluding hydrogens is 252 g/mol. The molecule has 2 N–H and O–H groups in total. The molecule has 1 fully saturated rings. The third-order valence-corrected chi connectivity index (χ3v) is 4.19. The predicted octanol–water partition coefficient (Wildman–Crippen LogP) is 2.10. The van der Waals surface area contributed by atoms with Crippen LogP contribution in [0, 0.1) is 0 Å². The van der Waals surface area contributed by atoms with Crippen molar-refractivity contribution in [2.45, 2.75) is 30.8 Å². The van der Waals surface area contributed by atoms with Gasteiger partial charge in [0.05, 0.1) is 5.60 Å². The Balaban J connectivity index is 1.97. The lowest BCUT2D eigenvalue weighted by Crippen LogP contribution is -2.19. The van der Waals surface area contributed by atoms with Crippen molar-refractivity contribution in [1.82, 2.24) is 14.8 Å². The SMILES string of the molecule is COC1(CC(c2cccc(N)c2)c2nncn2C)CC1. The highest BCUT2D eigenvalue weighted by Gasteiger charge is 2.45. The van der Waals surface area contributed by atoms with Gasteiger partial charge in [0.25, 0.3) is 0 Å². The van der Waals surface area contributed by atoms with Crippen LogP contribution in [0.2, 0.25) is 0 Å². The predicted molar refractivity (Wildman–Crippen MR) is 77.3 cm³/mol. The highest BCUT2D eigenvalue weighted by molar-refractivity contribution is 5.43. The first-order valence-corrected chi connectivity index (χ1v) is 6.88. The first kappa shape index (κ1) is 13.1. The maximum atomic E-state index is 5.93. The number of rotatable bonds is 5. The second-order valence-electron chi connectivity index (χ2n) is 5.61. The number of hydrogen-bond donors (Lipinski definition) is 1. The zero-order valence-corrected chi connectivity index (χ0v) is 11.9. The van der Waals surface area contributed by atoms with Crippen molar-refractivity contribution < 1.29 is 4.74 Å². The molecule has 5 heteroatoms. The highest BCUT2D eigenvalue weighted by atomic mass is 16.5. The molecule has 1 saturated carbocycles. The molecule has 1 atom stereocenters. The number of hydrogen-bond acceptors (Lipinski definition) is 4. The van der Waals surface area contributed by atoms with Crippen molar-refractivity contribution in [3.63, 3.8) is 0 Å². The number of aromatic nitrogens is 3. The fourth-order valence-corrected chi connectivity index (χ4v) is 2.74. The molecule has 1 unspecified atom stereocenters. The molecule has 0 saturated heterocycles. The number of benzene rings is 1. The minimum atomic E-state index is 0.00121. The number of aryl methyl sites for hydroxylation is 1. The van der Waals surface area contributed by atoms with Gasteiger partial charge in [-0.1, -0.05) is 12.1 Å². The summed E-state index contributed by atoms with van der Waals surface area (Å²) in [7, 11) is 3.76. The van der Waals surface area contributed by atoms with Crippen LogP contribution in [0.5, 0.6) is 0 Å². The first-order valence-electron chi connectivity index (χ1n) is 6.88. The van der Waals surface area contributed by atoms with Gasteiger partial charge in [0, 0.05) is 25.8 Å². The minimum Gasteiger partial charge on any atom is -0.399 e. The number of nitrogens with two attached hydrogens (primary N) is 1. The Labute approximate surface area is 118 Å². The van der Waals surface area contributed by atoms with E-state index in [-0.39, 0.29) is 11.5 Å². The maximum Gasteiger partial charge on any atom is 0.140 e. The first-order chi connectivity index (χ1) is 9.63. The third kappa shape index (κ3) is 2.41. The van der Waals surface area contributed by atoms with E-state index in [0.29, 0.717) is 0 Å². The average molecular weight is 272 g/mol. The van der Waals surface area contributed by atoms with Crippen LogP contribution in [0.4, 0.5) is 5.69 Å². The third-order valence-electron chi connectivity index (χ3n) is 4.19. The lowest BCUT2D eigenvalue weighted by Gasteiger charge is -2.22. The van der Waals surface area contributed by atoms with Crippen LogP contribution in [-0.4, -0.2) is 27.5 Å². The second-order valence-corrected chi connectivity index (χ2v) is 5.61. The molecule has 1 aliphatic rings. The van der Waals surface area contributed by atoms with E-state index in [9.17, 15) is 0 Å². The number of anilines is 1. The van der Waals surface area contributed by atoms with Crippen LogP contribution in [0.15, 0.2) is 30.6 Å². The van der Waals surface area contributed by atoms with Gasteiger partial charge in [-0.15, -0.1) is 10.2 Å². The summed E-state index contributed by atoms with van der Waals surface area (Å²) in [6.45, 7) is 0. The number of nitrogens with zero attached hydrogens (tertiary/aromatic N) is 3. The number of ether oxygens (including phenoxy) is 1. The second kappa shape index (κ2) is 4.90. The molecule has 0 aliphatic heterocycles. The maximum absolute atomic E-state index is 5.93. The summed E-state index contributed by atoms with van der Waals surface area (Å²) in [6, 6.07) is 8.01. The van der Waals surface area contributed by atoms with Gasteiger partial charge in [0.15, 0.2) is 0 Å². The highest BCUT2D eigenvalue weighted by Crippen LogP contribution is 2.47. The van der Waals surface area contributed by atoms with Gasteiger partial charge in [-0.2, -0.15) is 0 Å². The van der Waals surface area contributed by atoms with Crippen molar-refractivity contribution in [3.8, 4) is 0 Å². The zero-order chi connectivity index (χ0) is 14.2. The molecule has 106 valence electrons. The minimum absolute atomic E-state index is 0.00121. The summed E-state index contributed by atoms with van der Waals surface area (Å²) in [6.07, 6.45) is 4.88. The summed E-state index contributed by atoms with van der Waals surface area (Å²) in [5, 5.41) is 8.29. The van der Waals surface area contributed by atoms with Crippen LogP contribution >= 0.6 is 0 Å². The van der Waals surface area contributed by atoms with E-state index in [2.05, 4.69) is 16.3 Å². The van der Waals surface area contributed by atoms with Gasteiger partial charge in [-0.3, -0.25) is 0 Å². The van der Waals surface area contributed by atoms with Gasteiger partial charge >= 0.3 is 0 Å². The molecule has 1 heterocycles. The Hall–Kier alpha value is -1.88. The van der Waals surface area contributed by atoms with Crippen molar-refractivity contribution in [1.29, 1.82) is 0 Å². The normalized spacial score (nSPS) is 17.9. The molecule has 1 aliphatic carbocycles. The molecule has 0 radical (unpaired) electrons. The van der Waals surface area contributed by atoms with Crippen molar-refractivity contribution in [3.05, 3.63) is 42.0 Å². The molecule has 5 nitrogen and oxygen atoms in total. The van der Waals surface area contributed by atoms with E-state index in [4.69, 9.17) is 10.5 Å². The molecule has 0 amide bonds. The topological polar surface area (TPSA) is 66.0 Å². The van der Waals surface area contributed by atoms with Crippen molar-refractivity contribution in [2.24, 2.45) is 7.05 Å². The molecule has 0 spiro atoms. The monoisotopic (exact) mass is 272 g/mol. The molecule has 1 aromatic heterocycles.